The van der Waals surface area contributed by atoms with Crippen molar-refractivity contribution in [2.75, 3.05) is 20.3 Å². The molecule has 0 aliphatic carbocycles. The van der Waals surface area contributed by atoms with Crippen molar-refractivity contribution in [2.45, 2.75) is 39.3 Å². The maximum Gasteiger partial charge on any atom is 0.261 e. The summed E-state index contributed by atoms with van der Waals surface area (Å²) < 4.78 is 10.9. The van der Waals surface area contributed by atoms with Gasteiger partial charge in [0.25, 0.3) is 5.91 Å². The van der Waals surface area contributed by atoms with E-state index in [0.717, 1.165) is 18.4 Å². The van der Waals surface area contributed by atoms with Crippen molar-refractivity contribution in [3.05, 3.63) is 59.1 Å². The molecular weight excluding hydrogens is 404 g/mol. The van der Waals surface area contributed by atoms with E-state index < -0.39 is 6.04 Å². The number of halogens is 1. The van der Waals surface area contributed by atoms with E-state index in [1.54, 1.807) is 38.3 Å². The zero-order valence-corrected chi connectivity index (χ0v) is 18.4. The van der Waals surface area contributed by atoms with Gasteiger partial charge in [-0.15, -0.1) is 0 Å². The monoisotopic (exact) mass is 432 g/mol. The van der Waals surface area contributed by atoms with Crippen molar-refractivity contribution in [2.24, 2.45) is 0 Å². The second kappa shape index (κ2) is 12.1. The Morgan fingerprint density at radius 2 is 1.87 bits per heavy atom. The lowest BCUT2D eigenvalue weighted by atomic mass is 10.1. The molecule has 1 atom stereocenters. The number of hydrogen-bond donors (Lipinski definition) is 1. The van der Waals surface area contributed by atoms with Gasteiger partial charge in [-0.3, -0.25) is 9.59 Å². The summed E-state index contributed by atoms with van der Waals surface area (Å²) in [6.45, 7) is 4.42. The fraction of sp³-hybridized carbons (Fsp3) is 0.391. The van der Waals surface area contributed by atoms with E-state index in [4.69, 9.17) is 21.1 Å². The molecule has 0 bridgehead atoms. The maximum atomic E-state index is 13.0. The first-order valence-electron chi connectivity index (χ1n) is 10.0. The van der Waals surface area contributed by atoms with E-state index in [1.165, 1.54) is 4.90 Å². The highest BCUT2D eigenvalue weighted by Gasteiger charge is 2.26. The second-order valence-electron chi connectivity index (χ2n) is 6.94. The van der Waals surface area contributed by atoms with Crippen molar-refractivity contribution >= 4 is 23.4 Å². The molecule has 0 spiro atoms. The Balaban J connectivity index is 2.13. The number of nitrogens with zero attached hydrogens (tertiary/aromatic N) is 1. The summed E-state index contributed by atoms with van der Waals surface area (Å²) >= 11 is 5.97. The van der Waals surface area contributed by atoms with Crippen LogP contribution < -0.4 is 14.8 Å². The highest BCUT2D eigenvalue weighted by atomic mass is 35.5. The Labute approximate surface area is 183 Å². The topological polar surface area (TPSA) is 67.9 Å². The van der Waals surface area contributed by atoms with Gasteiger partial charge in [0.1, 0.15) is 17.5 Å². The number of benzene rings is 2. The molecule has 2 aromatic rings. The molecule has 0 saturated carbocycles. The van der Waals surface area contributed by atoms with Gasteiger partial charge in [-0.1, -0.05) is 43.1 Å². The summed E-state index contributed by atoms with van der Waals surface area (Å²) in [5.74, 6) is 0.700. The SMILES string of the molecule is CCCCNC(=O)C(C)N(Cc1cccc(OC)c1)C(=O)COc1cccc(Cl)c1. The predicted octanol–water partition coefficient (Wildman–Crippen LogP) is 4.06. The van der Waals surface area contributed by atoms with E-state index >= 15 is 0 Å². The van der Waals surface area contributed by atoms with Gasteiger partial charge < -0.3 is 19.7 Å². The van der Waals surface area contributed by atoms with Gasteiger partial charge in [-0.25, -0.2) is 0 Å². The van der Waals surface area contributed by atoms with Crippen molar-refractivity contribution in [1.29, 1.82) is 0 Å². The molecule has 0 fully saturated rings. The third kappa shape index (κ3) is 7.26. The van der Waals surface area contributed by atoms with Crippen molar-refractivity contribution < 1.29 is 19.1 Å². The zero-order valence-electron chi connectivity index (χ0n) is 17.7. The third-order valence-corrected chi connectivity index (χ3v) is 4.88. The van der Waals surface area contributed by atoms with Gasteiger partial charge in [0.2, 0.25) is 5.91 Å². The van der Waals surface area contributed by atoms with Gasteiger partial charge in [-0.05, 0) is 49.2 Å². The first-order chi connectivity index (χ1) is 14.4. The van der Waals surface area contributed by atoms with Gasteiger partial charge in [0, 0.05) is 18.1 Å². The summed E-state index contributed by atoms with van der Waals surface area (Å²) in [7, 11) is 1.59. The molecule has 0 heterocycles. The summed E-state index contributed by atoms with van der Waals surface area (Å²) in [6, 6.07) is 13.6. The first kappa shape index (κ1) is 23.5. The number of methoxy groups -OCH3 is 1. The lowest BCUT2D eigenvalue weighted by molar-refractivity contribution is -0.142. The Kier molecular flexibility index (Phi) is 9.48. The van der Waals surface area contributed by atoms with E-state index in [9.17, 15) is 9.59 Å². The molecule has 2 amide bonds. The van der Waals surface area contributed by atoms with E-state index in [2.05, 4.69) is 12.2 Å². The van der Waals surface area contributed by atoms with Gasteiger partial charge in [0.05, 0.1) is 7.11 Å². The summed E-state index contributed by atoms with van der Waals surface area (Å²) in [6.07, 6.45) is 1.87. The van der Waals surface area contributed by atoms with Crippen LogP contribution in [0.15, 0.2) is 48.5 Å². The molecule has 0 aromatic heterocycles. The van der Waals surface area contributed by atoms with Crippen LogP contribution in [0, 0.1) is 0 Å². The number of unbranched alkanes of at least 4 members (excludes halogenated alkanes) is 1. The highest BCUT2D eigenvalue weighted by molar-refractivity contribution is 6.30. The molecular formula is C23H29ClN2O4. The van der Waals surface area contributed by atoms with Gasteiger partial charge >= 0.3 is 0 Å². The Hall–Kier alpha value is -2.73. The minimum Gasteiger partial charge on any atom is -0.497 e. The normalized spacial score (nSPS) is 11.5. The number of amides is 2. The molecule has 0 aliphatic heterocycles. The minimum atomic E-state index is -0.650. The van der Waals surface area contributed by atoms with Crippen molar-refractivity contribution in [3.8, 4) is 11.5 Å². The summed E-state index contributed by atoms with van der Waals surface area (Å²) in [5.41, 5.74) is 0.860. The van der Waals surface area contributed by atoms with Gasteiger partial charge in [0.15, 0.2) is 6.61 Å². The molecule has 2 rings (SSSR count). The minimum absolute atomic E-state index is 0.192. The van der Waals surface area contributed by atoms with E-state index in [-0.39, 0.29) is 25.0 Å². The molecule has 7 heteroatoms. The predicted molar refractivity (Wildman–Crippen MR) is 118 cm³/mol. The van der Waals surface area contributed by atoms with Gasteiger partial charge in [-0.2, -0.15) is 0 Å². The van der Waals surface area contributed by atoms with Crippen LogP contribution in [0.1, 0.15) is 32.3 Å². The lowest BCUT2D eigenvalue weighted by Crippen LogP contribution is -2.49. The molecule has 0 radical (unpaired) electrons. The van der Waals surface area contributed by atoms with Crippen LogP contribution in [0.4, 0.5) is 0 Å². The van der Waals surface area contributed by atoms with Crippen LogP contribution in [0.25, 0.3) is 0 Å². The molecule has 162 valence electrons. The number of carbonyl (C=O) groups excluding carboxylic acids is 2. The Bertz CT molecular complexity index is 843. The highest BCUT2D eigenvalue weighted by Crippen LogP contribution is 2.19. The fourth-order valence-corrected chi connectivity index (χ4v) is 3.05. The maximum absolute atomic E-state index is 13.0. The fourth-order valence-electron chi connectivity index (χ4n) is 2.87. The van der Waals surface area contributed by atoms with Crippen LogP contribution in [-0.2, 0) is 16.1 Å². The molecule has 6 nitrogen and oxygen atoms in total. The number of hydrogen-bond acceptors (Lipinski definition) is 4. The number of rotatable bonds is 11. The number of nitrogens with one attached hydrogen (secondary N) is 1. The number of ether oxygens (including phenoxy) is 2. The van der Waals surface area contributed by atoms with E-state index in [0.29, 0.717) is 23.1 Å². The average Bonchev–Trinajstić information content (AvgIpc) is 2.75. The molecule has 2 aromatic carbocycles. The molecule has 0 saturated heterocycles. The summed E-state index contributed by atoms with van der Waals surface area (Å²) in [4.78, 5) is 27.1. The first-order valence-corrected chi connectivity index (χ1v) is 10.4. The van der Waals surface area contributed by atoms with E-state index in [1.807, 2.05) is 24.3 Å². The van der Waals surface area contributed by atoms with Crippen LogP contribution in [-0.4, -0.2) is 43.0 Å². The molecule has 1 N–H and O–H groups in total. The Morgan fingerprint density at radius 1 is 1.13 bits per heavy atom. The van der Waals surface area contributed by atoms with Crippen molar-refractivity contribution in [3.63, 3.8) is 0 Å². The molecule has 1 unspecified atom stereocenters. The smallest absolute Gasteiger partial charge is 0.261 e. The number of carbonyl (C=O) groups is 2. The molecule has 0 aliphatic rings. The zero-order chi connectivity index (χ0) is 21.9. The largest absolute Gasteiger partial charge is 0.497 e. The Morgan fingerprint density at radius 3 is 2.57 bits per heavy atom. The van der Waals surface area contributed by atoms with Crippen LogP contribution in [0.2, 0.25) is 5.02 Å². The summed E-state index contributed by atoms with van der Waals surface area (Å²) in [5, 5.41) is 3.42. The standard InChI is InChI=1S/C23H29ClN2O4/c1-4-5-12-25-23(28)17(2)26(15-18-8-6-10-20(13-18)29-3)22(27)16-30-21-11-7-9-19(24)14-21/h6-11,13-14,17H,4-5,12,15-16H2,1-3H3,(H,25,28). The lowest BCUT2D eigenvalue weighted by Gasteiger charge is -2.29. The van der Waals surface area contributed by atoms with Crippen LogP contribution in [0.5, 0.6) is 11.5 Å². The second-order valence-corrected chi connectivity index (χ2v) is 7.38. The van der Waals surface area contributed by atoms with Crippen LogP contribution in [0.3, 0.4) is 0 Å². The third-order valence-electron chi connectivity index (χ3n) is 4.64. The average molecular weight is 433 g/mol. The quantitative estimate of drug-likeness (QED) is 0.544. The molecule has 30 heavy (non-hydrogen) atoms. The van der Waals surface area contributed by atoms with Crippen LogP contribution >= 0.6 is 11.6 Å². The van der Waals surface area contributed by atoms with Crippen molar-refractivity contribution in [1.82, 2.24) is 10.2 Å².